The average Bonchev–Trinajstić information content (AvgIpc) is 2.33. The van der Waals surface area contributed by atoms with Gasteiger partial charge in [0.1, 0.15) is 0 Å². The third-order valence-electron chi connectivity index (χ3n) is 4.85. The van der Waals surface area contributed by atoms with Crippen molar-refractivity contribution >= 4 is 0 Å². The van der Waals surface area contributed by atoms with Gasteiger partial charge in [-0.3, -0.25) is 4.90 Å². The molecule has 1 aliphatic heterocycles. The molecule has 2 N–H and O–H groups in total. The molecule has 1 saturated carbocycles. The van der Waals surface area contributed by atoms with Gasteiger partial charge in [-0.25, -0.2) is 0 Å². The zero-order chi connectivity index (χ0) is 11.5. The number of hydrogen-bond acceptors (Lipinski definition) is 2. The van der Waals surface area contributed by atoms with Crippen molar-refractivity contribution in [1.29, 1.82) is 0 Å². The van der Waals surface area contributed by atoms with E-state index in [0.29, 0.717) is 12.0 Å². The second-order valence-corrected chi connectivity index (χ2v) is 6.02. The van der Waals surface area contributed by atoms with Crippen LogP contribution in [-0.2, 0) is 0 Å². The standard InChI is InChI=1S/C14H28N2/c1-3-12-5-4-6-13(9-12)16-8-7-14(15)11(2)10-16/h11-14H,3-10,15H2,1-2H3. The monoisotopic (exact) mass is 224 g/mol. The number of likely N-dealkylation sites (tertiary alicyclic amines) is 1. The normalized spacial score (nSPS) is 42.2. The van der Waals surface area contributed by atoms with E-state index in [0.717, 1.165) is 12.0 Å². The van der Waals surface area contributed by atoms with E-state index in [-0.39, 0.29) is 0 Å². The minimum absolute atomic E-state index is 0.446. The molecule has 1 aliphatic carbocycles. The van der Waals surface area contributed by atoms with Gasteiger partial charge < -0.3 is 5.73 Å². The van der Waals surface area contributed by atoms with Crippen molar-refractivity contribution in [3.8, 4) is 0 Å². The summed E-state index contributed by atoms with van der Waals surface area (Å²) in [6.45, 7) is 7.15. The quantitative estimate of drug-likeness (QED) is 0.781. The highest BCUT2D eigenvalue weighted by molar-refractivity contribution is 4.86. The van der Waals surface area contributed by atoms with Gasteiger partial charge in [0.2, 0.25) is 0 Å². The second-order valence-electron chi connectivity index (χ2n) is 6.02. The van der Waals surface area contributed by atoms with Crippen molar-refractivity contribution in [3.05, 3.63) is 0 Å². The predicted molar refractivity (Wildman–Crippen MR) is 69.4 cm³/mol. The first-order chi connectivity index (χ1) is 7.70. The van der Waals surface area contributed by atoms with Gasteiger partial charge in [0.15, 0.2) is 0 Å². The van der Waals surface area contributed by atoms with Crippen LogP contribution in [0, 0.1) is 11.8 Å². The van der Waals surface area contributed by atoms with Crippen LogP contribution >= 0.6 is 0 Å². The molecule has 2 rings (SSSR count). The smallest absolute Gasteiger partial charge is 0.00980 e. The third kappa shape index (κ3) is 2.78. The van der Waals surface area contributed by atoms with E-state index in [1.807, 2.05) is 0 Å². The Morgan fingerprint density at radius 2 is 2.06 bits per heavy atom. The van der Waals surface area contributed by atoms with Gasteiger partial charge in [0, 0.05) is 18.6 Å². The molecule has 1 heterocycles. The Bertz CT molecular complexity index is 213. The Labute approximate surface area is 101 Å². The molecule has 0 aromatic rings. The van der Waals surface area contributed by atoms with Crippen LogP contribution in [0.25, 0.3) is 0 Å². The maximum absolute atomic E-state index is 6.10. The maximum Gasteiger partial charge on any atom is 0.00980 e. The fourth-order valence-electron chi connectivity index (χ4n) is 3.49. The highest BCUT2D eigenvalue weighted by atomic mass is 15.2. The minimum Gasteiger partial charge on any atom is -0.327 e. The molecule has 0 radical (unpaired) electrons. The molecule has 0 spiro atoms. The number of nitrogens with two attached hydrogens (primary N) is 1. The van der Waals surface area contributed by atoms with Crippen molar-refractivity contribution in [2.24, 2.45) is 17.6 Å². The van der Waals surface area contributed by atoms with Crippen molar-refractivity contribution in [2.75, 3.05) is 13.1 Å². The van der Waals surface area contributed by atoms with Crippen molar-refractivity contribution < 1.29 is 0 Å². The molecule has 0 bridgehead atoms. The van der Waals surface area contributed by atoms with Gasteiger partial charge in [-0.1, -0.05) is 33.1 Å². The fraction of sp³-hybridized carbons (Fsp3) is 1.00. The first-order valence-electron chi connectivity index (χ1n) is 7.20. The van der Waals surface area contributed by atoms with Crippen molar-refractivity contribution in [2.45, 2.75) is 64.5 Å². The highest BCUT2D eigenvalue weighted by Crippen LogP contribution is 2.31. The van der Waals surface area contributed by atoms with Crippen LogP contribution in [0.1, 0.15) is 52.4 Å². The van der Waals surface area contributed by atoms with E-state index in [9.17, 15) is 0 Å². The molecule has 0 amide bonds. The molecule has 0 aromatic heterocycles. The lowest BCUT2D eigenvalue weighted by Gasteiger charge is -2.43. The molecule has 94 valence electrons. The van der Waals surface area contributed by atoms with Gasteiger partial charge in [-0.15, -0.1) is 0 Å². The fourth-order valence-corrected chi connectivity index (χ4v) is 3.49. The Morgan fingerprint density at radius 3 is 2.75 bits per heavy atom. The lowest BCUT2D eigenvalue weighted by Crippen LogP contribution is -2.50. The highest BCUT2D eigenvalue weighted by Gasteiger charge is 2.30. The average molecular weight is 224 g/mol. The van der Waals surface area contributed by atoms with E-state index < -0.39 is 0 Å². The lowest BCUT2D eigenvalue weighted by atomic mass is 9.82. The first kappa shape index (κ1) is 12.4. The molecule has 2 nitrogen and oxygen atoms in total. The summed E-state index contributed by atoms with van der Waals surface area (Å²) in [5, 5.41) is 0. The zero-order valence-electron chi connectivity index (χ0n) is 11.0. The van der Waals surface area contributed by atoms with Crippen LogP contribution < -0.4 is 5.73 Å². The zero-order valence-corrected chi connectivity index (χ0v) is 11.0. The molecule has 0 aromatic carbocycles. The lowest BCUT2D eigenvalue weighted by molar-refractivity contribution is 0.0771. The van der Waals surface area contributed by atoms with Gasteiger partial charge in [-0.05, 0) is 37.6 Å². The molecule has 16 heavy (non-hydrogen) atoms. The molecule has 1 saturated heterocycles. The number of hydrogen-bond donors (Lipinski definition) is 1. The molecule has 2 fully saturated rings. The van der Waals surface area contributed by atoms with E-state index in [4.69, 9.17) is 5.73 Å². The molecule has 2 aliphatic rings. The van der Waals surface area contributed by atoms with Crippen LogP contribution in [-0.4, -0.2) is 30.1 Å². The maximum atomic E-state index is 6.10. The van der Waals surface area contributed by atoms with Gasteiger partial charge >= 0.3 is 0 Å². The summed E-state index contributed by atoms with van der Waals surface area (Å²) in [6.07, 6.45) is 8.36. The molecular formula is C14H28N2. The second kappa shape index (κ2) is 5.50. The summed E-state index contributed by atoms with van der Waals surface area (Å²) >= 11 is 0. The molecule has 2 heteroatoms. The molecule has 4 atom stereocenters. The Hall–Kier alpha value is -0.0800. The molecular weight excluding hydrogens is 196 g/mol. The van der Waals surface area contributed by atoms with E-state index >= 15 is 0 Å². The Balaban J connectivity index is 1.87. The van der Waals surface area contributed by atoms with Crippen LogP contribution in [0.5, 0.6) is 0 Å². The summed E-state index contributed by atoms with van der Waals surface area (Å²) in [6, 6.07) is 1.32. The largest absolute Gasteiger partial charge is 0.327 e. The SMILES string of the molecule is CCC1CCCC(N2CCC(N)C(C)C2)C1. The minimum atomic E-state index is 0.446. The van der Waals surface area contributed by atoms with E-state index in [1.165, 1.54) is 51.6 Å². The summed E-state index contributed by atoms with van der Waals surface area (Å²) in [4.78, 5) is 2.73. The van der Waals surface area contributed by atoms with Gasteiger partial charge in [0.05, 0.1) is 0 Å². The Morgan fingerprint density at radius 1 is 1.25 bits per heavy atom. The molecule has 4 unspecified atom stereocenters. The van der Waals surface area contributed by atoms with Gasteiger partial charge in [0.25, 0.3) is 0 Å². The Kier molecular flexibility index (Phi) is 4.26. The summed E-state index contributed by atoms with van der Waals surface area (Å²) in [5.74, 6) is 1.68. The van der Waals surface area contributed by atoms with Crippen LogP contribution in [0.4, 0.5) is 0 Å². The third-order valence-corrected chi connectivity index (χ3v) is 4.85. The number of nitrogens with zero attached hydrogens (tertiary/aromatic N) is 1. The van der Waals surface area contributed by atoms with E-state index in [2.05, 4.69) is 18.7 Å². The van der Waals surface area contributed by atoms with Crippen LogP contribution in [0.15, 0.2) is 0 Å². The summed E-state index contributed by atoms with van der Waals surface area (Å²) < 4.78 is 0. The van der Waals surface area contributed by atoms with Crippen LogP contribution in [0.3, 0.4) is 0 Å². The number of rotatable bonds is 2. The van der Waals surface area contributed by atoms with Gasteiger partial charge in [-0.2, -0.15) is 0 Å². The number of piperidine rings is 1. The predicted octanol–water partition coefficient (Wildman–Crippen LogP) is 2.62. The summed E-state index contributed by atoms with van der Waals surface area (Å²) in [5.41, 5.74) is 6.10. The van der Waals surface area contributed by atoms with Crippen molar-refractivity contribution in [1.82, 2.24) is 4.90 Å². The van der Waals surface area contributed by atoms with E-state index in [1.54, 1.807) is 0 Å². The summed E-state index contributed by atoms with van der Waals surface area (Å²) in [7, 11) is 0. The first-order valence-corrected chi connectivity index (χ1v) is 7.20. The van der Waals surface area contributed by atoms with Crippen LogP contribution in [0.2, 0.25) is 0 Å². The topological polar surface area (TPSA) is 29.3 Å². The van der Waals surface area contributed by atoms with Crippen molar-refractivity contribution in [3.63, 3.8) is 0 Å².